The second-order valence-corrected chi connectivity index (χ2v) is 12.0. The summed E-state index contributed by atoms with van der Waals surface area (Å²) in [5.74, 6) is 0.442. The third-order valence-corrected chi connectivity index (χ3v) is 8.34. The number of benzene rings is 1. The van der Waals surface area contributed by atoms with E-state index in [0.717, 1.165) is 4.90 Å². The molecule has 1 aliphatic carbocycles. The molecule has 0 atom stereocenters. The number of nitrogens with two attached hydrogens (primary N) is 1. The van der Waals surface area contributed by atoms with Crippen LogP contribution >= 0.6 is 19.4 Å². The van der Waals surface area contributed by atoms with Crippen LogP contribution in [-0.2, 0) is 15.8 Å². The van der Waals surface area contributed by atoms with E-state index in [1.54, 1.807) is 24.3 Å². The molecule has 39 heavy (non-hydrogen) atoms. The fourth-order valence-corrected chi connectivity index (χ4v) is 6.01. The van der Waals surface area contributed by atoms with Gasteiger partial charge in [-0.25, -0.2) is 9.97 Å². The molecule has 1 aromatic carbocycles. The monoisotopic (exact) mass is 601 g/mol. The van der Waals surface area contributed by atoms with Crippen LogP contribution in [0.25, 0.3) is 11.2 Å². The Balaban J connectivity index is 1.67. The first kappa shape index (κ1) is 29.4. The highest BCUT2D eigenvalue weighted by atomic mass is 32.2. The van der Waals surface area contributed by atoms with Crippen LogP contribution in [0.1, 0.15) is 25.7 Å². The lowest BCUT2D eigenvalue weighted by Gasteiger charge is -2.38. The highest BCUT2D eigenvalue weighted by Gasteiger charge is 2.64. The average Bonchev–Trinajstić information content (AvgIpc) is 3.41. The Morgan fingerprint density at radius 1 is 1.08 bits per heavy atom. The summed E-state index contributed by atoms with van der Waals surface area (Å²) in [5, 5.41) is -3.54. The number of imidazole rings is 1. The van der Waals surface area contributed by atoms with Gasteiger partial charge in [-0.05, 0) is 37.1 Å². The lowest BCUT2D eigenvalue weighted by atomic mass is 10.1. The Labute approximate surface area is 221 Å². The number of nitrogen functional groups attached to an aromatic ring is 1. The minimum absolute atomic E-state index is 0.0574. The normalized spacial score (nSPS) is 16.0. The Bertz CT molecular complexity index is 1370. The van der Waals surface area contributed by atoms with Gasteiger partial charge in [0.1, 0.15) is 16.3 Å². The second kappa shape index (κ2) is 10.1. The maximum absolute atomic E-state index is 13.3. The van der Waals surface area contributed by atoms with Crippen molar-refractivity contribution in [2.24, 2.45) is 0 Å². The number of hydrogen-bond donors (Lipinski definition) is 3. The summed E-state index contributed by atoms with van der Waals surface area (Å²) in [6.07, 6.45) is -14.6. The predicted molar refractivity (Wildman–Crippen MR) is 126 cm³/mol. The summed E-state index contributed by atoms with van der Waals surface area (Å²) in [7, 11) is -4.59. The van der Waals surface area contributed by atoms with Crippen molar-refractivity contribution in [2.45, 2.75) is 65.4 Å². The fourth-order valence-electron chi connectivity index (χ4n) is 4.05. The number of hydrogen-bond acceptors (Lipinski definition) is 8. The third-order valence-electron chi connectivity index (χ3n) is 5.88. The van der Waals surface area contributed by atoms with E-state index < -0.39 is 43.7 Å². The number of alkyl halides is 6. The van der Waals surface area contributed by atoms with Gasteiger partial charge in [0.25, 0.3) is 0 Å². The molecule has 1 fully saturated rings. The van der Waals surface area contributed by atoms with Gasteiger partial charge in [0.2, 0.25) is 5.95 Å². The van der Waals surface area contributed by atoms with Gasteiger partial charge >= 0.3 is 19.9 Å². The van der Waals surface area contributed by atoms with Gasteiger partial charge in [-0.1, -0.05) is 11.8 Å². The minimum Gasteiger partial charge on any atom is -0.497 e. The van der Waals surface area contributed by atoms with Crippen LogP contribution in [0.2, 0.25) is 0 Å². The van der Waals surface area contributed by atoms with E-state index in [4.69, 9.17) is 15.2 Å². The number of rotatable bonds is 10. The summed E-state index contributed by atoms with van der Waals surface area (Å²) in [6, 6.07) is 6.93. The number of fused-ring (bicyclic) bond motifs is 1. The van der Waals surface area contributed by atoms with Crippen molar-refractivity contribution < 1.29 is 50.2 Å². The number of ether oxygens (including phenoxy) is 2. The molecule has 0 bridgehead atoms. The van der Waals surface area contributed by atoms with E-state index in [1.807, 2.05) is 0 Å². The molecule has 0 spiro atoms. The number of nitrogens with zero attached hydrogens (tertiary/aromatic N) is 4. The fraction of sp³-hybridized carbons (Fsp3) is 0.476. The van der Waals surface area contributed by atoms with Crippen molar-refractivity contribution >= 4 is 36.5 Å². The van der Waals surface area contributed by atoms with Crippen molar-refractivity contribution in [3.8, 4) is 5.75 Å². The van der Waals surface area contributed by atoms with E-state index >= 15 is 0 Å². The number of anilines is 1. The van der Waals surface area contributed by atoms with E-state index in [2.05, 4.69) is 15.0 Å². The van der Waals surface area contributed by atoms with Crippen molar-refractivity contribution in [1.82, 2.24) is 19.5 Å². The quantitative estimate of drug-likeness (QED) is 0.167. The topological polar surface area (TPSA) is 146 Å². The number of aromatic nitrogens is 4. The van der Waals surface area contributed by atoms with Crippen molar-refractivity contribution in [1.29, 1.82) is 0 Å². The van der Waals surface area contributed by atoms with Crippen molar-refractivity contribution in [3.05, 3.63) is 30.6 Å². The van der Waals surface area contributed by atoms with Crippen LogP contribution in [0.4, 0.5) is 32.3 Å². The zero-order valence-electron chi connectivity index (χ0n) is 20.0. The summed E-state index contributed by atoms with van der Waals surface area (Å²) in [4.78, 5) is 32.7. The maximum Gasteiger partial charge on any atom is 0.392 e. The van der Waals surface area contributed by atoms with Crippen molar-refractivity contribution in [2.75, 3.05) is 12.8 Å². The van der Waals surface area contributed by atoms with Gasteiger partial charge in [-0.2, -0.15) is 31.3 Å². The van der Waals surface area contributed by atoms with Gasteiger partial charge in [0.15, 0.2) is 11.0 Å². The molecule has 0 unspecified atom stereocenters. The molecule has 0 aliphatic heterocycles. The lowest BCUT2D eigenvalue weighted by molar-refractivity contribution is -0.225. The molecule has 2 heterocycles. The summed E-state index contributed by atoms with van der Waals surface area (Å²) in [5.41, 5.74) is 4.46. The number of methoxy groups -OCH3 is 1. The van der Waals surface area contributed by atoms with Crippen LogP contribution in [0.3, 0.4) is 0 Å². The summed E-state index contributed by atoms with van der Waals surface area (Å²) >= 11 is 1.18. The molecule has 214 valence electrons. The third kappa shape index (κ3) is 6.95. The lowest BCUT2D eigenvalue weighted by Crippen LogP contribution is -2.46. The Hall–Kier alpha value is -2.59. The highest BCUT2D eigenvalue weighted by molar-refractivity contribution is 7.99. The Morgan fingerprint density at radius 2 is 1.67 bits per heavy atom. The summed E-state index contributed by atoms with van der Waals surface area (Å²) < 4.78 is 104. The molecule has 2 aromatic heterocycles. The van der Waals surface area contributed by atoms with Crippen LogP contribution in [0, 0.1) is 0 Å². The standard InChI is InChI=1S/C21H22F6N5O5PS/c1-36-12-2-4-13(5-3-12)39-16-14-15(30-17(28)31-16)32(11-29-14)10-18(6-7-18)37-19(38(33,34)35,8-20(22,23)24)9-21(25,26)27/h2-5,11H,6-10H2,1H3,(H2,28,30,31)(H2,33,34,35). The first-order chi connectivity index (χ1) is 17.9. The van der Waals surface area contributed by atoms with Gasteiger partial charge in [0, 0.05) is 4.90 Å². The van der Waals surface area contributed by atoms with Crippen LogP contribution in [-0.4, -0.2) is 59.7 Å². The van der Waals surface area contributed by atoms with Gasteiger partial charge < -0.3 is 29.6 Å². The van der Waals surface area contributed by atoms with E-state index in [-0.39, 0.29) is 36.5 Å². The molecule has 1 saturated carbocycles. The van der Waals surface area contributed by atoms with E-state index in [9.17, 15) is 40.7 Å². The predicted octanol–water partition coefficient (Wildman–Crippen LogP) is 4.90. The molecule has 0 radical (unpaired) electrons. The van der Waals surface area contributed by atoms with Gasteiger partial charge in [-0.15, -0.1) is 0 Å². The minimum atomic E-state index is -6.10. The SMILES string of the molecule is COc1ccc(Sc2nc(N)nc3c2ncn3CC2(OC(CC(F)(F)F)(CC(F)(F)F)P(=O)(O)O)CC2)cc1. The molecule has 0 amide bonds. The van der Waals surface area contributed by atoms with Crippen molar-refractivity contribution in [3.63, 3.8) is 0 Å². The molecule has 4 rings (SSSR count). The van der Waals surface area contributed by atoms with E-state index in [0.29, 0.717) is 10.8 Å². The van der Waals surface area contributed by atoms with Crippen LogP contribution in [0.5, 0.6) is 5.75 Å². The molecule has 1 aliphatic rings. The molecule has 18 heteroatoms. The van der Waals surface area contributed by atoms with Gasteiger partial charge in [-0.3, -0.25) is 4.57 Å². The van der Waals surface area contributed by atoms with Gasteiger partial charge in [0.05, 0.1) is 38.4 Å². The summed E-state index contributed by atoms with van der Waals surface area (Å²) in [6.45, 7) is -0.385. The second-order valence-electron chi connectivity index (χ2n) is 9.07. The van der Waals surface area contributed by atoms with Crippen LogP contribution < -0.4 is 10.5 Å². The molecular weight excluding hydrogens is 579 g/mol. The van der Waals surface area contributed by atoms with Crippen LogP contribution in [0.15, 0.2) is 40.5 Å². The smallest absolute Gasteiger partial charge is 0.392 e. The first-order valence-corrected chi connectivity index (χ1v) is 13.6. The molecule has 10 nitrogen and oxygen atoms in total. The maximum atomic E-state index is 13.3. The average molecular weight is 601 g/mol. The van der Waals surface area contributed by atoms with E-state index in [1.165, 1.54) is 29.8 Å². The molecule has 3 aromatic rings. The molecule has 4 N–H and O–H groups in total. The molecule has 0 saturated heterocycles. The zero-order chi connectivity index (χ0) is 28.9. The molecular formula is C21H22F6N5O5PS. The zero-order valence-corrected chi connectivity index (χ0v) is 21.7. The largest absolute Gasteiger partial charge is 0.497 e. The first-order valence-electron chi connectivity index (χ1n) is 11.1. The number of halogens is 6. The Kier molecular flexibility index (Phi) is 7.62. The Morgan fingerprint density at radius 3 is 2.15 bits per heavy atom. The highest BCUT2D eigenvalue weighted by Crippen LogP contribution is 2.63.